The molecule has 1 fully saturated rings. The molecule has 1 heterocycles. The molecule has 0 atom stereocenters. The number of rotatable bonds is 2. The van der Waals surface area contributed by atoms with Gasteiger partial charge in [-0.3, -0.25) is 0 Å². The molecule has 0 radical (unpaired) electrons. The zero-order valence-electron chi connectivity index (χ0n) is 14.9. The zero-order valence-corrected chi connectivity index (χ0v) is 14.9. The van der Waals surface area contributed by atoms with Crippen molar-refractivity contribution in [3.05, 3.63) is 59.7 Å². The van der Waals surface area contributed by atoms with Crippen molar-refractivity contribution < 1.29 is 13.2 Å². The van der Waals surface area contributed by atoms with E-state index in [1.165, 1.54) is 6.07 Å². The molecule has 1 aliphatic heterocycles. The van der Waals surface area contributed by atoms with Crippen LogP contribution in [0.2, 0.25) is 0 Å². The summed E-state index contributed by atoms with van der Waals surface area (Å²) >= 11 is 0. The van der Waals surface area contributed by atoms with Crippen molar-refractivity contribution in [3.8, 4) is 0 Å². The van der Waals surface area contributed by atoms with Gasteiger partial charge in [0.1, 0.15) is 11.5 Å². The maximum absolute atomic E-state index is 13.5. The highest BCUT2D eigenvalue weighted by atomic mass is 19.4. The zero-order chi connectivity index (χ0) is 18.9. The van der Waals surface area contributed by atoms with Crippen LogP contribution in [0, 0.1) is 0 Å². The van der Waals surface area contributed by atoms with Gasteiger partial charge in [0.25, 0.3) is 0 Å². The van der Waals surface area contributed by atoms with E-state index in [1.807, 2.05) is 30.3 Å². The van der Waals surface area contributed by atoms with Crippen LogP contribution in [0.4, 0.5) is 24.5 Å². The summed E-state index contributed by atoms with van der Waals surface area (Å²) in [5.74, 6) is 0.621. The summed E-state index contributed by atoms with van der Waals surface area (Å²) in [5.41, 5.74) is 0.413. The van der Waals surface area contributed by atoms with Crippen LogP contribution in [0.15, 0.2) is 53.5 Å². The fourth-order valence-corrected chi connectivity index (χ4v) is 4.04. The molecule has 0 amide bonds. The second-order valence-electron chi connectivity index (χ2n) is 7.27. The topological polar surface area (TPSA) is 36.4 Å². The molecular formula is C21H22F3N3. The SMILES string of the molecule is FC(F)(F)c1cccc2c1N=C(NCc1ccccc1)C1(CCCCC1)N2. The molecule has 27 heavy (non-hydrogen) atoms. The Kier molecular flexibility index (Phi) is 4.58. The highest BCUT2D eigenvalue weighted by molar-refractivity contribution is 6.01. The Labute approximate surface area is 156 Å². The van der Waals surface area contributed by atoms with Crippen LogP contribution in [0.1, 0.15) is 43.2 Å². The first-order valence-electron chi connectivity index (χ1n) is 9.33. The van der Waals surface area contributed by atoms with Gasteiger partial charge in [-0.25, -0.2) is 4.99 Å². The minimum absolute atomic E-state index is 0.0169. The van der Waals surface area contributed by atoms with Gasteiger partial charge in [0.05, 0.1) is 16.8 Å². The smallest absolute Gasteiger partial charge is 0.371 e. The van der Waals surface area contributed by atoms with Crippen molar-refractivity contribution >= 4 is 17.2 Å². The maximum atomic E-state index is 13.5. The molecular weight excluding hydrogens is 351 g/mol. The molecule has 1 saturated carbocycles. The highest BCUT2D eigenvalue weighted by Crippen LogP contribution is 2.46. The van der Waals surface area contributed by atoms with Gasteiger partial charge in [-0.2, -0.15) is 13.2 Å². The number of hydrogen-bond acceptors (Lipinski definition) is 3. The molecule has 2 aliphatic rings. The number of amidine groups is 1. The van der Waals surface area contributed by atoms with Crippen molar-refractivity contribution in [2.24, 2.45) is 4.99 Å². The first-order chi connectivity index (χ1) is 13.0. The van der Waals surface area contributed by atoms with Crippen molar-refractivity contribution in [1.29, 1.82) is 0 Å². The second-order valence-corrected chi connectivity index (χ2v) is 7.27. The van der Waals surface area contributed by atoms with E-state index in [4.69, 9.17) is 0 Å². The Morgan fingerprint density at radius 2 is 1.70 bits per heavy atom. The lowest BCUT2D eigenvalue weighted by Gasteiger charge is -2.43. The normalized spacial score (nSPS) is 18.4. The lowest BCUT2D eigenvalue weighted by Crippen LogP contribution is -2.54. The third kappa shape index (κ3) is 3.53. The van der Waals surface area contributed by atoms with Gasteiger partial charge in [-0.15, -0.1) is 0 Å². The summed E-state index contributed by atoms with van der Waals surface area (Å²) in [4.78, 5) is 4.53. The number of hydrogen-bond donors (Lipinski definition) is 2. The monoisotopic (exact) mass is 373 g/mol. The van der Waals surface area contributed by atoms with Crippen LogP contribution in [0.3, 0.4) is 0 Å². The Hall–Kier alpha value is -2.50. The molecule has 0 saturated heterocycles. The summed E-state index contributed by atoms with van der Waals surface area (Å²) in [6.07, 6.45) is 0.510. The summed E-state index contributed by atoms with van der Waals surface area (Å²) in [7, 11) is 0. The third-order valence-electron chi connectivity index (χ3n) is 5.40. The number of anilines is 1. The standard InChI is InChI=1S/C21H22F3N3/c22-21(23,24)16-10-7-11-17-18(16)26-19(20(27-17)12-5-2-6-13-20)25-14-15-8-3-1-4-9-15/h1,3-4,7-11,27H,2,5-6,12-14H2,(H,25,26). The number of alkyl halides is 3. The minimum Gasteiger partial charge on any atom is -0.371 e. The molecule has 0 unspecified atom stereocenters. The maximum Gasteiger partial charge on any atom is 0.418 e. The van der Waals surface area contributed by atoms with Crippen LogP contribution < -0.4 is 10.6 Å². The van der Waals surface area contributed by atoms with Crippen LogP contribution in [0.25, 0.3) is 0 Å². The molecule has 0 bridgehead atoms. The van der Waals surface area contributed by atoms with E-state index in [0.717, 1.165) is 43.7 Å². The van der Waals surface area contributed by atoms with E-state index in [9.17, 15) is 13.2 Å². The highest BCUT2D eigenvalue weighted by Gasteiger charge is 2.43. The van der Waals surface area contributed by atoms with Gasteiger partial charge in [0.15, 0.2) is 0 Å². The van der Waals surface area contributed by atoms with Crippen LogP contribution in [-0.2, 0) is 12.7 Å². The third-order valence-corrected chi connectivity index (χ3v) is 5.40. The van der Waals surface area contributed by atoms with Crippen LogP contribution in [-0.4, -0.2) is 11.4 Å². The molecule has 0 aromatic heterocycles. The van der Waals surface area contributed by atoms with Gasteiger partial charge in [0.2, 0.25) is 0 Å². The summed E-state index contributed by atoms with van der Waals surface area (Å²) in [6.45, 7) is 0.534. The van der Waals surface area contributed by atoms with Crippen molar-refractivity contribution in [2.75, 3.05) is 5.32 Å². The molecule has 2 N–H and O–H groups in total. The molecule has 1 spiro atoms. The van der Waals surface area contributed by atoms with E-state index >= 15 is 0 Å². The molecule has 2 aromatic carbocycles. The van der Waals surface area contributed by atoms with Crippen molar-refractivity contribution in [2.45, 2.75) is 50.4 Å². The van der Waals surface area contributed by atoms with E-state index < -0.39 is 17.3 Å². The van der Waals surface area contributed by atoms with E-state index in [2.05, 4.69) is 15.6 Å². The predicted octanol–water partition coefficient (Wildman–Crippen LogP) is 5.65. The molecule has 142 valence electrons. The van der Waals surface area contributed by atoms with Gasteiger partial charge < -0.3 is 10.6 Å². The van der Waals surface area contributed by atoms with Crippen LogP contribution in [0.5, 0.6) is 0 Å². The average molecular weight is 373 g/mol. The Bertz CT molecular complexity index is 837. The predicted molar refractivity (Wildman–Crippen MR) is 101 cm³/mol. The van der Waals surface area contributed by atoms with Gasteiger partial charge >= 0.3 is 6.18 Å². The summed E-state index contributed by atoms with van der Waals surface area (Å²) in [6, 6.07) is 14.1. The fraction of sp³-hybridized carbons (Fsp3) is 0.381. The van der Waals surface area contributed by atoms with E-state index in [-0.39, 0.29) is 5.69 Å². The van der Waals surface area contributed by atoms with Gasteiger partial charge in [-0.05, 0) is 30.5 Å². The Morgan fingerprint density at radius 1 is 0.963 bits per heavy atom. The molecule has 3 nitrogen and oxygen atoms in total. The Morgan fingerprint density at radius 3 is 2.41 bits per heavy atom. The lowest BCUT2D eigenvalue weighted by molar-refractivity contribution is -0.137. The number of fused-ring (bicyclic) bond motifs is 1. The number of halogens is 3. The van der Waals surface area contributed by atoms with Gasteiger partial charge in [-0.1, -0.05) is 55.7 Å². The van der Waals surface area contributed by atoms with Crippen LogP contribution >= 0.6 is 0 Å². The van der Waals surface area contributed by atoms with E-state index in [1.54, 1.807) is 6.07 Å². The number of nitrogens with zero attached hydrogens (tertiary/aromatic N) is 1. The van der Waals surface area contributed by atoms with E-state index in [0.29, 0.717) is 18.1 Å². The average Bonchev–Trinajstić information content (AvgIpc) is 2.66. The molecule has 6 heteroatoms. The molecule has 1 aliphatic carbocycles. The summed E-state index contributed by atoms with van der Waals surface area (Å²) < 4.78 is 40.4. The number of aliphatic imine (C=N–C) groups is 1. The number of nitrogens with one attached hydrogen (secondary N) is 2. The molecule has 4 rings (SSSR count). The van der Waals surface area contributed by atoms with Crippen molar-refractivity contribution in [1.82, 2.24) is 5.32 Å². The largest absolute Gasteiger partial charge is 0.418 e. The quantitative estimate of drug-likeness (QED) is 0.713. The summed E-state index contributed by atoms with van der Waals surface area (Å²) in [5, 5.41) is 6.76. The lowest BCUT2D eigenvalue weighted by atomic mass is 9.79. The minimum atomic E-state index is -4.43. The Balaban J connectivity index is 1.73. The second kappa shape index (κ2) is 6.91. The first-order valence-corrected chi connectivity index (χ1v) is 9.33. The number of benzene rings is 2. The fourth-order valence-electron chi connectivity index (χ4n) is 4.04. The molecule has 2 aromatic rings. The number of para-hydroxylation sites is 1. The van der Waals surface area contributed by atoms with Crippen molar-refractivity contribution in [3.63, 3.8) is 0 Å². The first kappa shape index (κ1) is 17.9. The van der Waals surface area contributed by atoms with Gasteiger partial charge in [0, 0.05) is 6.54 Å².